The standard InChI is InChI=1S/C13H9F3O/c14-10-2-1-3-12(7-10)17-8-9-6-11(15)4-5-13(9)16/h1-7H,8H2. The number of hydrogen-bond donors (Lipinski definition) is 0. The van der Waals surface area contributed by atoms with E-state index in [0.29, 0.717) is 0 Å². The molecule has 2 rings (SSSR count). The van der Waals surface area contributed by atoms with Crippen molar-refractivity contribution in [3.05, 3.63) is 65.5 Å². The van der Waals surface area contributed by atoms with Gasteiger partial charge in [-0.2, -0.15) is 0 Å². The Labute approximate surface area is 96.5 Å². The summed E-state index contributed by atoms with van der Waals surface area (Å²) in [5.74, 6) is -1.26. The van der Waals surface area contributed by atoms with Crippen molar-refractivity contribution < 1.29 is 17.9 Å². The molecule has 0 radical (unpaired) electrons. The Kier molecular flexibility index (Phi) is 3.32. The zero-order valence-electron chi connectivity index (χ0n) is 8.79. The van der Waals surface area contributed by atoms with Crippen molar-refractivity contribution in [1.29, 1.82) is 0 Å². The SMILES string of the molecule is Fc1cccc(OCc2cc(F)ccc2F)c1. The van der Waals surface area contributed by atoms with Crippen LogP contribution in [0.15, 0.2) is 42.5 Å². The van der Waals surface area contributed by atoms with E-state index >= 15 is 0 Å². The molecular formula is C13H9F3O. The molecule has 0 atom stereocenters. The maximum absolute atomic E-state index is 13.2. The van der Waals surface area contributed by atoms with E-state index in [9.17, 15) is 13.2 Å². The van der Waals surface area contributed by atoms with Gasteiger partial charge in [-0.1, -0.05) is 6.07 Å². The zero-order chi connectivity index (χ0) is 12.3. The molecule has 0 unspecified atom stereocenters. The van der Waals surface area contributed by atoms with Gasteiger partial charge in [0.15, 0.2) is 0 Å². The summed E-state index contributed by atoms with van der Waals surface area (Å²) in [6.07, 6.45) is 0. The first-order valence-corrected chi connectivity index (χ1v) is 4.97. The minimum Gasteiger partial charge on any atom is -0.489 e. The maximum atomic E-state index is 13.2. The van der Waals surface area contributed by atoms with Crippen molar-refractivity contribution in [2.24, 2.45) is 0 Å². The molecule has 0 heterocycles. The molecule has 0 bridgehead atoms. The highest BCUT2D eigenvalue weighted by molar-refractivity contribution is 5.24. The summed E-state index contributed by atoms with van der Waals surface area (Å²) < 4.78 is 44.1. The van der Waals surface area contributed by atoms with Crippen LogP contribution in [0.2, 0.25) is 0 Å². The number of halogens is 3. The topological polar surface area (TPSA) is 9.23 Å². The van der Waals surface area contributed by atoms with E-state index < -0.39 is 17.5 Å². The van der Waals surface area contributed by atoms with Crippen LogP contribution >= 0.6 is 0 Å². The lowest BCUT2D eigenvalue weighted by atomic mass is 10.2. The average Bonchev–Trinajstić information content (AvgIpc) is 2.30. The van der Waals surface area contributed by atoms with Crippen LogP contribution in [-0.4, -0.2) is 0 Å². The molecule has 0 spiro atoms. The lowest BCUT2D eigenvalue weighted by Gasteiger charge is -2.07. The van der Waals surface area contributed by atoms with Crippen molar-refractivity contribution in [3.63, 3.8) is 0 Å². The minimum absolute atomic E-state index is 0.0919. The molecule has 0 amide bonds. The summed E-state index contributed by atoms with van der Waals surface area (Å²) in [5.41, 5.74) is 0.0919. The summed E-state index contributed by atoms with van der Waals surface area (Å²) in [6, 6.07) is 8.58. The van der Waals surface area contributed by atoms with Crippen molar-refractivity contribution >= 4 is 0 Å². The molecule has 0 aliphatic heterocycles. The third kappa shape index (κ3) is 3.00. The molecular weight excluding hydrogens is 229 g/mol. The monoisotopic (exact) mass is 238 g/mol. The molecule has 0 aromatic heterocycles. The summed E-state index contributed by atoms with van der Waals surface area (Å²) in [6.45, 7) is -0.146. The third-order valence-corrected chi connectivity index (χ3v) is 2.20. The highest BCUT2D eigenvalue weighted by Crippen LogP contribution is 2.16. The van der Waals surface area contributed by atoms with Crippen molar-refractivity contribution in [2.75, 3.05) is 0 Å². The first kappa shape index (κ1) is 11.5. The van der Waals surface area contributed by atoms with Crippen LogP contribution in [-0.2, 0) is 6.61 Å². The quantitative estimate of drug-likeness (QED) is 0.792. The van der Waals surface area contributed by atoms with Crippen molar-refractivity contribution in [3.8, 4) is 5.75 Å². The second kappa shape index (κ2) is 4.91. The van der Waals surface area contributed by atoms with E-state index in [-0.39, 0.29) is 17.9 Å². The Morgan fingerprint density at radius 3 is 2.41 bits per heavy atom. The van der Waals surface area contributed by atoms with Gasteiger partial charge in [-0.05, 0) is 30.3 Å². The highest BCUT2D eigenvalue weighted by Gasteiger charge is 2.05. The summed E-state index contributed by atoms with van der Waals surface area (Å²) in [4.78, 5) is 0. The first-order chi connectivity index (χ1) is 8.15. The van der Waals surface area contributed by atoms with Gasteiger partial charge in [-0.25, -0.2) is 13.2 Å². The number of benzene rings is 2. The lowest BCUT2D eigenvalue weighted by Crippen LogP contribution is -1.99. The van der Waals surface area contributed by atoms with Crippen LogP contribution in [0, 0.1) is 17.5 Å². The van der Waals surface area contributed by atoms with Gasteiger partial charge in [0.05, 0.1) is 0 Å². The van der Waals surface area contributed by atoms with Gasteiger partial charge in [0.25, 0.3) is 0 Å². The predicted octanol–water partition coefficient (Wildman–Crippen LogP) is 3.68. The van der Waals surface area contributed by atoms with Gasteiger partial charge >= 0.3 is 0 Å². The molecule has 2 aromatic carbocycles. The van der Waals surface area contributed by atoms with Crippen molar-refractivity contribution in [2.45, 2.75) is 6.61 Å². The number of rotatable bonds is 3. The Bertz CT molecular complexity index is 526. The van der Waals surface area contributed by atoms with Crippen molar-refractivity contribution in [1.82, 2.24) is 0 Å². The summed E-state index contributed by atoms with van der Waals surface area (Å²) in [7, 11) is 0. The second-order valence-corrected chi connectivity index (χ2v) is 3.48. The second-order valence-electron chi connectivity index (χ2n) is 3.48. The fourth-order valence-corrected chi connectivity index (χ4v) is 1.37. The van der Waals surface area contributed by atoms with Gasteiger partial charge in [0.2, 0.25) is 0 Å². The van der Waals surface area contributed by atoms with Crippen LogP contribution in [0.5, 0.6) is 5.75 Å². The summed E-state index contributed by atoms with van der Waals surface area (Å²) in [5, 5.41) is 0. The van der Waals surface area contributed by atoms with Crippen LogP contribution in [0.4, 0.5) is 13.2 Å². The summed E-state index contributed by atoms with van der Waals surface area (Å²) >= 11 is 0. The molecule has 4 heteroatoms. The molecule has 0 fully saturated rings. The minimum atomic E-state index is -0.553. The molecule has 1 nitrogen and oxygen atoms in total. The largest absolute Gasteiger partial charge is 0.489 e. The fourth-order valence-electron chi connectivity index (χ4n) is 1.37. The molecule has 17 heavy (non-hydrogen) atoms. The van der Waals surface area contributed by atoms with E-state index in [2.05, 4.69) is 0 Å². The maximum Gasteiger partial charge on any atom is 0.130 e. The fraction of sp³-hybridized carbons (Fsp3) is 0.0769. The Balaban J connectivity index is 2.09. The normalized spacial score (nSPS) is 10.3. The smallest absolute Gasteiger partial charge is 0.130 e. The van der Waals surface area contributed by atoms with E-state index in [4.69, 9.17) is 4.74 Å². The van der Waals surface area contributed by atoms with Gasteiger partial charge in [0, 0.05) is 11.6 Å². The third-order valence-electron chi connectivity index (χ3n) is 2.20. The zero-order valence-corrected chi connectivity index (χ0v) is 8.79. The molecule has 0 aliphatic rings. The lowest BCUT2D eigenvalue weighted by molar-refractivity contribution is 0.297. The Morgan fingerprint density at radius 2 is 1.65 bits per heavy atom. The van der Waals surface area contributed by atoms with Crippen LogP contribution in [0.3, 0.4) is 0 Å². The molecule has 2 aromatic rings. The van der Waals surface area contributed by atoms with E-state index in [0.717, 1.165) is 18.2 Å². The Hall–Kier alpha value is -1.97. The molecule has 0 aliphatic carbocycles. The highest BCUT2D eigenvalue weighted by atomic mass is 19.1. The first-order valence-electron chi connectivity index (χ1n) is 4.97. The van der Waals surface area contributed by atoms with Crippen LogP contribution in [0.1, 0.15) is 5.56 Å². The molecule has 0 saturated carbocycles. The van der Waals surface area contributed by atoms with Gasteiger partial charge in [-0.15, -0.1) is 0 Å². The molecule has 88 valence electrons. The Morgan fingerprint density at radius 1 is 0.882 bits per heavy atom. The predicted molar refractivity (Wildman–Crippen MR) is 57.1 cm³/mol. The van der Waals surface area contributed by atoms with E-state index in [1.165, 1.54) is 18.2 Å². The molecule has 0 N–H and O–H groups in total. The van der Waals surface area contributed by atoms with E-state index in [1.54, 1.807) is 6.07 Å². The number of hydrogen-bond acceptors (Lipinski definition) is 1. The average molecular weight is 238 g/mol. The van der Waals surface area contributed by atoms with E-state index in [1.807, 2.05) is 0 Å². The van der Waals surface area contributed by atoms with Gasteiger partial charge in [-0.3, -0.25) is 0 Å². The van der Waals surface area contributed by atoms with Crippen LogP contribution in [0.25, 0.3) is 0 Å². The molecule has 0 saturated heterocycles. The van der Waals surface area contributed by atoms with Gasteiger partial charge < -0.3 is 4.74 Å². The van der Waals surface area contributed by atoms with Gasteiger partial charge in [0.1, 0.15) is 29.8 Å². The number of ether oxygens (including phenoxy) is 1. The van der Waals surface area contributed by atoms with Crippen LogP contribution < -0.4 is 4.74 Å².